The zero-order chi connectivity index (χ0) is 5.11. The molecule has 2 heteroatoms. The predicted molar refractivity (Wildman–Crippen MR) is 29.2 cm³/mol. The van der Waals surface area contributed by atoms with Crippen molar-refractivity contribution >= 4 is 0 Å². The fourth-order valence-corrected chi connectivity index (χ4v) is 0.428. The van der Waals surface area contributed by atoms with Crippen LogP contribution in [-0.4, -0.2) is 5.11 Å². The first-order valence-corrected chi connectivity index (χ1v) is 2.13. The van der Waals surface area contributed by atoms with Crippen molar-refractivity contribution < 1.29 is 25.4 Å². The summed E-state index contributed by atoms with van der Waals surface area (Å²) in [7, 11) is 0. The van der Waals surface area contributed by atoms with Crippen LogP contribution in [0, 0.1) is 0 Å². The second-order valence-corrected chi connectivity index (χ2v) is 1.34. The number of hydrogen-bond donors (Lipinski definition) is 1. The summed E-state index contributed by atoms with van der Waals surface area (Å²) in [6.07, 6.45) is 0. The van der Waals surface area contributed by atoms with Gasteiger partial charge >= 0.3 is 18.9 Å². The maximum atomic E-state index is 8.63. The zero-order valence-electron chi connectivity index (χ0n) is 5.83. The average Bonchev–Trinajstić information content (AvgIpc) is 1.69. The number of aromatic hydroxyl groups is 1. The summed E-state index contributed by atoms with van der Waals surface area (Å²) in [5, 5.41) is 8.63. The van der Waals surface area contributed by atoms with E-state index in [9.17, 15) is 0 Å². The van der Waals surface area contributed by atoms with E-state index in [0.717, 1.165) is 0 Å². The van der Waals surface area contributed by atoms with Gasteiger partial charge in [0.2, 0.25) is 0 Å². The van der Waals surface area contributed by atoms with Gasteiger partial charge in [-0.2, -0.15) is 0 Å². The second kappa shape index (κ2) is 3.60. The van der Waals surface area contributed by atoms with Crippen molar-refractivity contribution in [3.63, 3.8) is 0 Å². The van der Waals surface area contributed by atoms with Gasteiger partial charge in [-0.3, -0.25) is 0 Å². The molecule has 0 radical (unpaired) electrons. The Labute approximate surface area is 62.0 Å². The quantitative estimate of drug-likeness (QED) is 0.396. The van der Waals surface area contributed by atoms with Crippen LogP contribution >= 0.6 is 0 Å². The molecule has 0 aliphatic heterocycles. The number of para-hydroxylation sites is 1. The van der Waals surface area contributed by atoms with Crippen molar-refractivity contribution in [2.45, 2.75) is 0 Å². The van der Waals surface area contributed by atoms with Gasteiger partial charge in [0.1, 0.15) is 5.75 Å². The van der Waals surface area contributed by atoms with Crippen molar-refractivity contribution in [1.29, 1.82) is 0 Å². The zero-order valence-corrected chi connectivity index (χ0v) is 4.83. The Balaban J connectivity index is 0. The molecule has 0 amide bonds. The summed E-state index contributed by atoms with van der Waals surface area (Å²) in [6.45, 7) is 0. The van der Waals surface area contributed by atoms with Gasteiger partial charge in [0.05, 0.1) is 0 Å². The van der Waals surface area contributed by atoms with E-state index in [1.807, 2.05) is 6.07 Å². The minimum atomic E-state index is 0. The van der Waals surface area contributed by atoms with E-state index >= 15 is 0 Å². The molecular formula is C6H7LiO. The van der Waals surface area contributed by atoms with E-state index in [1.165, 1.54) is 0 Å². The number of phenols is 1. The monoisotopic (exact) mass is 102 g/mol. The minimum Gasteiger partial charge on any atom is -1.00 e. The summed E-state index contributed by atoms with van der Waals surface area (Å²) in [6, 6.07) is 8.71. The summed E-state index contributed by atoms with van der Waals surface area (Å²) in [5.41, 5.74) is 0. The molecule has 0 aliphatic carbocycles. The van der Waals surface area contributed by atoms with Crippen LogP contribution in [-0.2, 0) is 0 Å². The largest absolute Gasteiger partial charge is 1.00 e. The SMILES string of the molecule is Oc1ccccc1.[H-].[Li+]. The van der Waals surface area contributed by atoms with Crippen molar-refractivity contribution in [1.82, 2.24) is 0 Å². The first-order valence-electron chi connectivity index (χ1n) is 2.13. The Kier molecular flexibility index (Phi) is 3.43. The third-order valence-corrected chi connectivity index (χ3v) is 0.756. The van der Waals surface area contributed by atoms with Gasteiger partial charge < -0.3 is 6.53 Å². The van der Waals surface area contributed by atoms with Crippen molar-refractivity contribution in [3.8, 4) is 5.75 Å². The van der Waals surface area contributed by atoms with E-state index in [1.54, 1.807) is 24.3 Å². The molecule has 0 aliphatic rings. The fraction of sp³-hybridized carbons (Fsp3) is 0. The van der Waals surface area contributed by atoms with Crippen LogP contribution in [0.25, 0.3) is 0 Å². The van der Waals surface area contributed by atoms with Crippen LogP contribution in [0.2, 0.25) is 0 Å². The first kappa shape index (κ1) is 7.62. The number of rotatable bonds is 0. The summed E-state index contributed by atoms with van der Waals surface area (Å²) >= 11 is 0. The Morgan fingerprint density at radius 2 is 1.62 bits per heavy atom. The van der Waals surface area contributed by atoms with Crippen molar-refractivity contribution in [2.24, 2.45) is 0 Å². The van der Waals surface area contributed by atoms with Gasteiger partial charge in [-0.05, 0) is 12.1 Å². The number of benzene rings is 1. The summed E-state index contributed by atoms with van der Waals surface area (Å²) in [5.74, 6) is 0.322. The van der Waals surface area contributed by atoms with Gasteiger partial charge in [0.15, 0.2) is 0 Å². The van der Waals surface area contributed by atoms with E-state index in [2.05, 4.69) is 0 Å². The molecule has 0 atom stereocenters. The van der Waals surface area contributed by atoms with Crippen molar-refractivity contribution in [2.75, 3.05) is 0 Å². The summed E-state index contributed by atoms with van der Waals surface area (Å²) in [4.78, 5) is 0. The molecule has 1 N–H and O–H groups in total. The van der Waals surface area contributed by atoms with Crippen LogP contribution < -0.4 is 18.9 Å². The van der Waals surface area contributed by atoms with E-state index < -0.39 is 0 Å². The van der Waals surface area contributed by atoms with Gasteiger partial charge in [0.25, 0.3) is 0 Å². The Morgan fingerprint density at radius 3 is 1.88 bits per heavy atom. The predicted octanol–water partition coefficient (Wildman–Crippen LogP) is -1.49. The molecule has 38 valence electrons. The molecule has 0 fully saturated rings. The third kappa shape index (κ3) is 2.06. The van der Waals surface area contributed by atoms with E-state index in [-0.39, 0.29) is 20.3 Å². The molecular weight excluding hydrogens is 95.0 g/mol. The maximum Gasteiger partial charge on any atom is 1.00 e. The summed E-state index contributed by atoms with van der Waals surface area (Å²) < 4.78 is 0. The van der Waals surface area contributed by atoms with Crippen molar-refractivity contribution in [3.05, 3.63) is 30.3 Å². The van der Waals surface area contributed by atoms with Crippen LogP contribution in [0.1, 0.15) is 1.43 Å². The van der Waals surface area contributed by atoms with Crippen LogP contribution in [0.4, 0.5) is 0 Å². The molecule has 1 nitrogen and oxygen atoms in total. The van der Waals surface area contributed by atoms with Crippen LogP contribution in [0.15, 0.2) is 30.3 Å². The minimum absolute atomic E-state index is 0. The Morgan fingerprint density at radius 1 is 1.12 bits per heavy atom. The topological polar surface area (TPSA) is 20.2 Å². The van der Waals surface area contributed by atoms with Crippen LogP contribution in [0.3, 0.4) is 0 Å². The third-order valence-electron chi connectivity index (χ3n) is 0.756. The van der Waals surface area contributed by atoms with Gasteiger partial charge in [0, 0.05) is 0 Å². The number of phenolic OH excluding ortho intramolecular Hbond substituents is 1. The molecule has 1 aromatic rings. The number of hydrogen-bond acceptors (Lipinski definition) is 1. The Bertz CT molecular complexity index is 143. The van der Waals surface area contributed by atoms with E-state index in [4.69, 9.17) is 5.11 Å². The molecule has 0 saturated heterocycles. The standard InChI is InChI=1S/C6H6O.Li.H/c7-6-4-2-1-3-5-6;;/h1-5,7H;;/q;+1;-1. The maximum absolute atomic E-state index is 8.63. The van der Waals surface area contributed by atoms with E-state index in [0.29, 0.717) is 5.75 Å². The molecule has 0 saturated carbocycles. The molecule has 0 unspecified atom stereocenters. The molecule has 0 heterocycles. The first-order chi connectivity index (χ1) is 3.39. The fourth-order valence-electron chi connectivity index (χ4n) is 0.428. The average molecular weight is 102 g/mol. The van der Waals surface area contributed by atoms with Crippen LogP contribution in [0.5, 0.6) is 5.75 Å². The smallest absolute Gasteiger partial charge is 1.00 e. The Hall–Kier alpha value is -0.383. The molecule has 0 aromatic heterocycles. The normalized spacial score (nSPS) is 7.50. The van der Waals surface area contributed by atoms with Gasteiger partial charge in [-0.15, -0.1) is 0 Å². The molecule has 0 bridgehead atoms. The molecule has 1 aromatic carbocycles. The molecule has 0 spiro atoms. The van der Waals surface area contributed by atoms with Gasteiger partial charge in [-0.25, -0.2) is 0 Å². The van der Waals surface area contributed by atoms with Gasteiger partial charge in [-0.1, -0.05) is 18.2 Å². The molecule has 1 rings (SSSR count). The second-order valence-electron chi connectivity index (χ2n) is 1.34. The molecule has 8 heavy (non-hydrogen) atoms.